The molecule has 0 aromatic heterocycles. The van der Waals surface area contributed by atoms with Crippen LogP contribution < -0.4 is 9.47 Å². The Balaban J connectivity index is 2.15. The Morgan fingerprint density at radius 2 is 1.95 bits per heavy atom. The van der Waals surface area contributed by atoms with Crippen LogP contribution in [0, 0.1) is 0 Å². The molecule has 19 heavy (non-hydrogen) atoms. The van der Waals surface area contributed by atoms with Crippen molar-refractivity contribution in [2.24, 2.45) is 0 Å². The van der Waals surface area contributed by atoms with E-state index in [0.717, 1.165) is 29.9 Å². The Bertz CT molecular complexity index is 397. The van der Waals surface area contributed by atoms with Crippen molar-refractivity contribution in [2.45, 2.75) is 51.7 Å². The van der Waals surface area contributed by atoms with Crippen molar-refractivity contribution in [3.63, 3.8) is 0 Å². The van der Waals surface area contributed by atoms with Crippen LogP contribution in [0.2, 0.25) is 0 Å². The zero-order chi connectivity index (χ0) is 13.7. The molecule has 1 saturated carbocycles. The second kappa shape index (κ2) is 6.80. The van der Waals surface area contributed by atoms with Gasteiger partial charge < -0.3 is 14.2 Å². The van der Waals surface area contributed by atoms with Gasteiger partial charge in [0.2, 0.25) is 0 Å². The second-order valence-corrected chi connectivity index (χ2v) is 5.03. The van der Waals surface area contributed by atoms with Crippen LogP contribution in [0.4, 0.5) is 0 Å². The van der Waals surface area contributed by atoms with Crippen LogP contribution in [0.25, 0.3) is 0 Å². The maximum absolute atomic E-state index is 6.09. The van der Waals surface area contributed by atoms with Crippen molar-refractivity contribution in [1.82, 2.24) is 0 Å². The van der Waals surface area contributed by atoms with Crippen LogP contribution in [0.5, 0.6) is 11.5 Å². The average molecular weight is 264 g/mol. The summed E-state index contributed by atoms with van der Waals surface area (Å²) in [6, 6.07) is 6.06. The van der Waals surface area contributed by atoms with E-state index in [9.17, 15) is 0 Å². The second-order valence-electron chi connectivity index (χ2n) is 5.03. The van der Waals surface area contributed by atoms with E-state index >= 15 is 0 Å². The van der Waals surface area contributed by atoms with Crippen molar-refractivity contribution < 1.29 is 14.2 Å². The maximum atomic E-state index is 6.09. The largest absolute Gasteiger partial charge is 0.493 e. The van der Waals surface area contributed by atoms with E-state index in [4.69, 9.17) is 14.2 Å². The van der Waals surface area contributed by atoms with Gasteiger partial charge in [0.25, 0.3) is 0 Å². The zero-order valence-electron chi connectivity index (χ0n) is 12.1. The third kappa shape index (κ3) is 3.63. The van der Waals surface area contributed by atoms with Crippen LogP contribution >= 0.6 is 0 Å². The molecule has 1 aromatic rings. The highest BCUT2D eigenvalue weighted by molar-refractivity contribution is 5.43. The molecule has 0 N–H and O–H groups in total. The van der Waals surface area contributed by atoms with E-state index in [1.54, 1.807) is 7.11 Å². The first kappa shape index (κ1) is 14.2. The Morgan fingerprint density at radius 1 is 1.21 bits per heavy atom. The zero-order valence-corrected chi connectivity index (χ0v) is 12.1. The molecular formula is C16H24O3. The minimum atomic E-state index is 0.0850. The predicted molar refractivity (Wildman–Crippen MR) is 75.9 cm³/mol. The van der Waals surface area contributed by atoms with E-state index in [0.29, 0.717) is 12.7 Å². The quantitative estimate of drug-likeness (QED) is 0.773. The Labute approximate surface area is 115 Å². The fourth-order valence-electron chi connectivity index (χ4n) is 2.57. The van der Waals surface area contributed by atoms with Crippen LogP contribution in [0.15, 0.2) is 18.2 Å². The Morgan fingerprint density at radius 3 is 2.58 bits per heavy atom. The number of rotatable bonds is 6. The number of hydrogen-bond acceptors (Lipinski definition) is 3. The van der Waals surface area contributed by atoms with Crippen LogP contribution in [0.1, 0.15) is 51.2 Å². The maximum Gasteiger partial charge on any atom is 0.161 e. The topological polar surface area (TPSA) is 27.7 Å². The highest BCUT2D eigenvalue weighted by atomic mass is 16.5. The summed E-state index contributed by atoms with van der Waals surface area (Å²) in [5.41, 5.74) is 1.13. The van der Waals surface area contributed by atoms with E-state index in [2.05, 4.69) is 13.0 Å². The fraction of sp³-hybridized carbons (Fsp3) is 0.625. The lowest BCUT2D eigenvalue weighted by Gasteiger charge is -2.19. The summed E-state index contributed by atoms with van der Waals surface area (Å²) in [4.78, 5) is 0. The summed E-state index contributed by atoms with van der Waals surface area (Å²) in [7, 11) is 1.68. The molecule has 0 amide bonds. The first-order chi connectivity index (χ1) is 9.24. The third-order valence-corrected chi connectivity index (χ3v) is 3.67. The van der Waals surface area contributed by atoms with Gasteiger partial charge in [-0.25, -0.2) is 0 Å². The molecule has 106 valence electrons. The van der Waals surface area contributed by atoms with Crippen molar-refractivity contribution in [2.75, 3.05) is 13.7 Å². The smallest absolute Gasteiger partial charge is 0.161 e. The summed E-state index contributed by atoms with van der Waals surface area (Å²) in [5.74, 6) is 1.65. The minimum Gasteiger partial charge on any atom is -0.493 e. The molecular weight excluding hydrogens is 240 g/mol. The molecule has 0 aliphatic heterocycles. The van der Waals surface area contributed by atoms with E-state index < -0.39 is 0 Å². The van der Waals surface area contributed by atoms with Gasteiger partial charge in [-0.1, -0.05) is 6.07 Å². The van der Waals surface area contributed by atoms with E-state index in [1.807, 2.05) is 19.1 Å². The predicted octanol–water partition coefficient (Wildman–Crippen LogP) is 4.11. The highest BCUT2D eigenvalue weighted by Crippen LogP contribution is 2.34. The molecule has 1 aromatic carbocycles. The van der Waals surface area contributed by atoms with Crippen molar-refractivity contribution in [3.05, 3.63) is 23.8 Å². The lowest BCUT2D eigenvalue weighted by atomic mass is 10.1. The van der Waals surface area contributed by atoms with Crippen molar-refractivity contribution in [1.29, 1.82) is 0 Å². The molecule has 0 saturated heterocycles. The Kier molecular flexibility index (Phi) is 5.08. The molecule has 0 heterocycles. The van der Waals surface area contributed by atoms with Gasteiger partial charge in [-0.3, -0.25) is 0 Å². The van der Waals surface area contributed by atoms with E-state index in [-0.39, 0.29) is 6.10 Å². The third-order valence-electron chi connectivity index (χ3n) is 3.67. The molecule has 3 nitrogen and oxygen atoms in total. The molecule has 0 radical (unpaired) electrons. The highest BCUT2D eigenvalue weighted by Gasteiger charge is 2.19. The normalized spacial score (nSPS) is 17.4. The molecule has 1 atom stereocenters. The molecule has 3 heteroatoms. The van der Waals surface area contributed by atoms with Gasteiger partial charge in [0, 0.05) is 6.61 Å². The molecule has 1 aliphatic carbocycles. The molecule has 1 aliphatic rings. The number of methoxy groups -OCH3 is 1. The SMILES string of the molecule is CCOC(C)c1ccc(OC)c(OC2CCCC2)c1. The number of ether oxygens (including phenoxy) is 3. The van der Waals surface area contributed by atoms with Gasteiger partial charge in [-0.05, 0) is 57.2 Å². The van der Waals surface area contributed by atoms with Gasteiger partial charge in [0.15, 0.2) is 11.5 Å². The molecule has 0 bridgehead atoms. The average Bonchev–Trinajstić information content (AvgIpc) is 2.92. The van der Waals surface area contributed by atoms with Crippen molar-refractivity contribution in [3.8, 4) is 11.5 Å². The standard InChI is InChI=1S/C16H24O3/c1-4-18-12(2)13-9-10-15(17-3)16(11-13)19-14-7-5-6-8-14/h9-12,14H,4-8H2,1-3H3. The first-order valence-electron chi connectivity index (χ1n) is 7.20. The van der Waals surface area contributed by atoms with E-state index in [1.165, 1.54) is 12.8 Å². The fourth-order valence-corrected chi connectivity index (χ4v) is 2.57. The summed E-state index contributed by atoms with van der Waals surface area (Å²) < 4.78 is 17.1. The van der Waals surface area contributed by atoms with Crippen LogP contribution in [-0.4, -0.2) is 19.8 Å². The van der Waals surface area contributed by atoms with Crippen LogP contribution in [0.3, 0.4) is 0 Å². The van der Waals surface area contributed by atoms with Gasteiger partial charge in [-0.2, -0.15) is 0 Å². The van der Waals surface area contributed by atoms with Gasteiger partial charge >= 0.3 is 0 Å². The van der Waals surface area contributed by atoms with Gasteiger partial charge in [0.05, 0.1) is 19.3 Å². The number of benzene rings is 1. The molecule has 1 fully saturated rings. The van der Waals surface area contributed by atoms with Crippen LogP contribution in [-0.2, 0) is 4.74 Å². The first-order valence-corrected chi connectivity index (χ1v) is 7.20. The van der Waals surface area contributed by atoms with Gasteiger partial charge in [0.1, 0.15) is 0 Å². The van der Waals surface area contributed by atoms with Gasteiger partial charge in [-0.15, -0.1) is 0 Å². The lowest BCUT2D eigenvalue weighted by Crippen LogP contribution is -2.12. The lowest BCUT2D eigenvalue weighted by molar-refractivity contribution is 0.0759. The molecule has 1 unspecified atom stereocenters. The summed E-state index contributed by atoms with van der Waals surface area (Å²) in [6.07, 6.45) is 5.25. The minimum absolute atomic E-state index is 0.0850. The summed E-state index contributed by atoms with van der Waals surface area (Å²) in [5, 5.41) is 0. The number of hydrogen-bond donors (Lipinski definition) is 0. The molecule has 0 spiro atoms. The summed E-state index contributed by atoms with van der Waals surface area (Å²) >= 11 is 0. The Hall–Kier alpha value is -1.22. The van der Waals surface area contributed by atoms with Crippen molar-refractivity contribution >= 4 is 0 Å². The monoisotopic (exact) mass is 264 g/mol. The summed E-state index contributed by atoms with van der Waals surface area (Å²) in [6.45, 7) is 4.78. The molecule has 2 rings (SSSR count).